The van der Waals surface area contributed by atoms with Crippen LogP contribution in [0.5, 0.6) is 5.75 Å². The van der Waals surface area contributed by atoms with Gasteiger partial charge in [0.05, 0.1) is 4.47 Å². The monoisotopic (exact) mass is 341 g/mol. The fourth-order valence-electron chi connectivity index (χ4n) is 1.84. The van der Waals surface area contributed by atoms with Crippen LogP contribution in [0.4, 0.5) is 8.78 Å². The normalized spacial score (nSPS) is 10.6. The summed E-state index contributed by atoms with van der Waals surface area (Å²) in [5.74, 6) is -0.600. The first kappa shape index (κ1) is 14.9. The van der Waals surface area contributed by atoms with Crippen LogP contribution in [0.2, 0.25) is 0 Å². The number of hydrogen-bond donors (Lipinski definition) is 1. The van der Waals surface area contributed by atoms with E-state index in [0.717, 1.165) is 22.5 Å². The molecule has 2 rings (SSSR count). The van der Waals surface area contributed by atoms with Crippen molar-refractivity contribution >= 4 is 15.9 Å². The molecule has 0 radical (unpaired) electrons. The van der Waals surface area contributed by atoms with Crippen LogP contribution >= 0.6 is 15.9 Å². The average molecular weight is 342 g/mol. The molecular formula is C15H14BrF2NO. The third-order valence-corrected chi connectivity index (χ3v) is 3.37. The predicted octanol–water partition coefficient (Wildman–Crippen LogP) is 3.81. The predicted molar refractivity (Wildman–Crippen MR) is 77.6 cm³/mol. The van der Waals surface area contributed by atoms with Gasteiger partial charge in [0.15, 0.2) is 0 Å². The van der Waals surface area contributed by atoms with Gasteiger partial charge in [-0.3, -0.25) is 0 Å². The molecule has 0 saturated carbocycles. The molecule has 0 saturated heterocycles. The highest BCUT2D eigenvalue weighted by Crippen LogP contribution is 2.27. The minimum atomic E-state index is -0.610. The van der Waals surface area contributed by atoms with Gasteiger partial charge in [-0.25, -0.2) is 8.78 Å². The molecule has 0 amide bonds. The zero-order valence-corrected chi connectivity index (χ0v) is 12.3. The molecule has 0 fully saturated rings. The third-order valence-electron chi connectivity index (χ3n) is 2.75. The molecular weight excluding hydrogens is 328 g/mol. The lowest BCUT2D eigenvalue weighted by molar-refractivity contribution is 0.302. The molecule has 0 atom stereocenters. The second kappa shape index (κ2) is 6.81. The molecule has 2 aromatic rings. The number of benzene rings is 2. The number of nitrogens with two attached hydrogens (primary N) is 1. The first-order chi connectivity index (χ1) is 9.58. The lowest BCUT2D eigenvalue weighted by Crippen LogP contribution is -2.03. The number of hydrogen-bond acceptors (Lipinski definition) is 2. The quantitative estimate of drug-likeness (QED) is 0.897. The summed E-state index contributed by atoms with van der Waals surface area (Å²) in [5.41, 5.74) is 7.04. The fourth-order valence-corrected chi connectivity index (χ4v) is 2.38. The fraction of sp³-hybridized carbons (Fsp3) is 0.200. The van der Waals surface area contributed by atoms with Crippen LogP contribution in [0.3, 0.4) is 0 Å². The Balaban J connectivity index is 2.06. The van der Waals surface area contributed by atoms with E-state index in [0.29, 0.717) is 17.9 Å². The molecule has 5 heteroatoms. The molecule has 0 spiro atoms. The highest BCUT2D eigenvalue weighted by Gasteiger charge is 2.05. The van der Waals surface area contributed by atoms with Gasteiger partial charge >= 0.3 is 0 Å². The minimum absolute atomic E-state index is 0.101. The summed E-state index contributed by atoms with van der Waals surface area (Å²) in [6.07, 6.45) is 0.786. The summed E-state index contributed by atoms with van der Waals surface area (Å²) in [5, 5.41) is 0. The van der Waals surface area contributed by atoms with E-state index in [2.05, 4.69) is 15.9 Å². The molecule has 2 aromatic carbocycles. The largest absolute Gasteiger partial charge is 0.488 e. The van der Waals surface area contributed by atoms with Crippen LogP contribution in [-0.4, -0.2) is 6.54 Å². The highest BCUT2D eigenvalue weighted by atomic mass is 79.9. The van der Waals surface area contributed by atoms with E-state index in [9.17, 15) is 8.78 Å². The lowest BCUT2D eigenvalue weighted by atomic mass is 10.1. The van der Waals surface area contributed by atoms with Crippen LogP contribution in [-0.2, 0) is 13.0 Å². The second-order valence-corrected chi connectivity index (χ2v) is 5.22. The van der Waals surface area contributed by atoms with Crippen molar-refractivity contribution in [2.24, 2.45) is 5.73 Å². The maximum absolute atomic E-state index is 13.1. The van der Waals surface area contributed by atoms with Crippen LogP contribution in [0.25, 0.3) is 0 Å². The van der Waals surface area contributed by atoms with Crippen LogP contribution in [0.1, 0.15) is 11.1 Å². The number of halogens is 3. The molecule has 0 heterocycles. The Labute approximate surface area is 124 Å². The molecule has 2 nitrogen and oxygen atoms in total. The molecule has 106 valence electrons. The summed E-state index contributed by atoms with van der Waals surface area (Å²) in [4.78, 5) is 0. The SMILES string of the molecule is NCCc1ccc(OCc2cc(F)cc(F)c2)c(Br)c1. The van der Waals surface area contributed by atoms with Gasteiger partial charge in [-0.1, -0.05) is 6.07 Å². The third kappa shape index (κ3) is 4.02. The van der Waals surface area contributed by atoms with E-state index in [1.54, 1.807) is 0 Å². The highest BCUT2D eigenvalue weighted by molar-refractivity contribution is 9.10. The van der Waals surface area contributed by atoms with Crippen molar-refractivity contribution in [2.45, 2.75) is 13.0 Å². The minimum Gasteiger partial charge on any atom is -0.488 e. The number of ether oxygens (including phenoxy) is 1. The molecule has 2 N–H and O–H groups in total. The van der Waals surface area contributed by atoms with Crippen molar-refractivity contribution in [1.82, 2.24) is 0 Å². The Bertz CT molecular complexity index is 584. The standard InChI is InChI=1S/C15H14BrF2NO/c16-14-7-10(3-4-19)1-2-15(14)20-9-11-5-12(17)8-13(18)6-11/h1-2,5-8H,3-4,9,19H2. The topological polar surface area (TPSA) is 35.2 Å². The van der Waals surface area contributed by atoms with E-state index in [1.165, 1.54) is 12.1 Å². The van der Waals surface area contributed by atoms with Crippen molar-refractivity contribution in [3.8, 4) is 5.75 Å². The van der Waals surface area contributed by atoms with Crippen molar-refractivity contribution in [1.29, 1.82) is 0 Å². The van der Waals surface area contributed by atoms with E-state index in [-0.39, 0.29) is 6.61 Å². The zero-order chi connectivity index (χ0) is 14.5. The molecule has 0 aliphatic carbocycles. The Morgan fingerprint density at radius 2 is 1.70 bits per heavy atom. The molecule has 0 bridgehead atoms. The van der Waals surface area contributed by atoms with Gasteiger partial charge < -0.3 is 10.5 Å². The number of rotatable bonds is 5. The van der Waals surface area contributed by atoms with Crippen LogP contribution < -0.4 is 10.5 Å². The molecule has 0 aliphatic heterocycles. The Morgan fingerprint density at radius 3 is 2.30 bits per heavy atom. The van der Waals surface area contributed by atoms with Gasteiger partial charge in [-0.05, 0) is 64.3 Å². The summed E-state index contributed by atoms with van der Waals surface area (Å²) >= 11 is 3.41. The molecule has 0 aromatic heterocycles. The summed E-state index contributed by atoms with van der Waals surface area (Å²) in [7, 11) is 0. The maximum Gasteiger partial charge on any atom is 0.134 e. The van der Waals surface area contributed by atoms with Gasteiger partial charge in [-0.15, -0.1) is 0 Å². The second-order valence-electron chi connectivity index (χ2n) is 4.37. The van der Waals surface area contributed by atoms with Crippen molar-refractivity contribution in [3.63, 3.8) is 0 Å². The van der Waals surface area contributed by atoms with Gasteiger partial charge in [0.2, 0.25) is 0 Å². The van der Waals surface area contributed by atoms with E-state index in [4.69, 9.17) is 10.5 Å². The first-order valence-corrected chi connectivity index (χ1v) is 6.94. The van der Waals surface area contributed by atoms with Gasteiger partial charge in [-0.2, -0.15) is 0 Å². The van der Waals surface area contributed by atoms with Crippen LogP contribution in [0.15, 0.2) is 40.9 Å². The molecule has 0 aliphatic rings. The van der Waals surface area contributed by atoms with Gasteiger partial charge in [0, 0.05) is 6.07 Å². The van der Waals surface area contributed by atoms with E-state index < -0.39 is 11.6 Å². The van der Waals surface area contributed by atoms with Crippen molar-refractivity contribution < 1.29 is 13.5 Å². The van der Waals surface area contributed by atoms with Crippen molar-refractivity contribution in [3.05, 3.63) is 63.6 Å². The summed E-state index contributed by atoms with van der Waals surface area (Å²) < 4.78 is 32.5. The Morgan fingerprint density at radius 1 is 1.00 bits per heavy atom. The lowest BCUT2D eigenvalue weighted by Gasteiger charge is -2.10. The Hall–Kier alpha value is -1.46. The molecule has 20 heavy (non-hydrogen) atoms. The van der Waals surface area contributed by atoms with Crippen LogP contribution in [0, 0.1) is 11.6 Å². The van der Waals surface area contributed by atoms with Crippen molar-refractivity contribution in [2.75, 3.05) is 6.54 Å². The average Bonchev–Trinajstić information content (AvgIpc) is 2.37. The maximum atomic E-state index is 13.1. The Kier molecular flexibility index (Phi) is 5.09. The summed E-state index contributed by atoms with van der Waals surface area (Å²) in [6.45, 7) is 0.679. The smallest absolute Gasteiger partial charge is 0.134 e. The first-order valence-electron chi connectivity index (χ1n) is 6.15. The van der Waals surface area contributed by atoms with E-state index in [1.807, 2.05) is 18.2 Å². The molecule has 0 unspecified atom stereocenters. The van der Waals surface area contributed by atoms with E-state index >= 15 is 0 Å². The summed E-state index contributed by atoms with van der Waals surface area (Å²) in [6, 6.07) is 8.98. The zero-order valence-electron chi connectivity index (χ0n) is 10.7. The van der Waals surface area contributed by atoms with Gasteiger partial charge in [0.1, 0.15) is 24.0 Å². The van der Waals surface area contributed by atoms with Gasteiger partial charge in [0.25, 0.3) is 0 Å².